The first-order valence-electron chi connectivity index (χ1n) is 12.8. The molecule has 2 unspecified atom stereocenters. The molecule has 2 fully saturated rings. The Bertz CT molecular complexity index is 1180. The van der Waals surface area contributed by atoms with Gasteiger partial charge in [0.1, 0.15) is 11.9 Å². The van der Waals surface area contributed by atoms with Crippen molar-refractivity contribution >= 4 is 16.1 Å². The number of amides is 1. The highest BCUT2D eigenvalue weighted by Crippen LogP contribution is 2.33. The van der Waals surface area contributed by atoms with E-state index >= 15 is 0 Å². The van der Waals surface area contributed by atoms with E-state index in [2.05, 4.69) is 5.32 Å². The van der Waals surface area contributed by atoms with Crippen LogP contribution in [0.4, 0.5) is 4.79 Å². The summed E-state index contributed by atoms with van der Waals surface area (Å²) in [6.45, 7) is 4.40. The minimum Gasteiger partial charge on any atom is -0.508 e. The predicted molar refractivity (Wildman–Crippen MR) is 139 cm³/mol. The molecule has 2 aromatic rings. The van der Waals surface area contributed by atoms with Crippen LogP contribution in [0.3, 0.4) is 0 Å². The average Bonchev–Trinajstić information content (AvgIpc) is 3.49. The van der Waals surface area contributed by atoms with Crippen molar-refractivity contribution in [3.8, 4) is 5.75 Å². The predicted octanol–water partition coefficient (Wildman–Crippen LogP) is 2.50. The zero-order chi connectivity index (χ0) is 27.3. The summed E-state index contributed by atoms with van der Waals surface area (Å²) in [4.78, 5) is 12.8. The van der Waals surface area contributed by atoms with Crippen molar-refractivity contribution in [2.45, 2.75) is 56.1 Å². The van der Waals surface area contributed by atoms with Gasteiger partial charge >= 0.3 is 6.09 Å². The van der Waals surface area contributed by atoms with Crippen LogP contribution in [0.5, 0.6) is 5.75 Å². The van der Waals surface area contributed by atoms with Gasteiger partial charge in [-0.3, -0.25) is 0 Å². The van der Waals surface area contributed by atoms with Gasteiger partial charge in [0.05, 0.1) is 36.2 Å². The number of hydrogen-bond donors (Lipinski definition) is 3. The molecule has 208 valence electrons. The van der Waals surface area contributed by atoms with Crippen LogP contribution in [-0.4, -0.2) is 79.9 Å². The number of benzene rings is 2. The third-order valence-electron chi connectivity index (χ3n) is 6.72. The zero-order valence-corrected chi connectivity index (χ0v) is 22.4. The molecule has 4 rings (SSSR count). The molecule has 0 bridgehead atoms. The third-order valence-corrected chi connectivity index (χ3v) is 8.55. The van der Waals surface area contributed by atoms with E-state index in [4.69, 9.17) is 14.2 Å². The van der Waals surface area contributed by atoms with Crippen LogP contribution >= 0.6 is 0 Å². The molecule has 3 N–H and O–H groups in total. The number of aliphatic hydroxyl groups is 1. The van der Waals surface area contributed by atoms with Gasteiger partial charge in [-0.2, -0.15) is 4.31 Å². The van der Waals surface area contributed by atoms with Gasteiger partial charge in [-0.1, -0.05) is 50.2 Å². The van der Waals surface area contributed by atoms with E-state index in [1.165, 1.54) is 28.6 Å². The lowest BCUT2D eigenvalue weighted by atomic mass is 10.0. The number of nitrogens with zero attached hydrogens (tertiary/aromatic N) is 1. The van der Waals surface area contributed by atoms with Gasteiger partial charge < -0.3 is 29.7 Å². The van der Waals surface area contributed by atoms with E-state index in [9.17, 15) is 23.4 Å². The minimum atomic E-state index is -4.04. The number of ether oxygens (including phenoxy) is 3. The molecule has 2 saturated heterocycles. The molecule has 2 aromatic carbocycles. The summed E-state index contributed by atoms with van der Waals surface area (Å²) in [5, 5.41) is 23.9. The maximum Gasteiger partial charge on any atom is 0.407 e. The molecule has 10 nitrogen and oxygen atoms in total. The Morgan fingerprint density at radius 2 is 1.89 bits per heavy atom. The number of fused-ring (bicyclic) bond motifs is 1. The highest BCUT2D eigenvalue weighted by molar-refractivity contribution is 7.89. The minimum absolute atomic E-state index is 0.0350. The quantitative estimate of drug-likeness (QED) is 0.390. The monoisotopic (exact) mass is 548 g/mol. The van der Waals surface area contributed by atoms with Crippen LogP contribution in [0.15, 0.2) is 59.5 Å². The summed E-state index contributed by atoms with van der Waals surface area (Å²) >= 11 is 0. The van der Waals surface area contributed by atoms with E-state index in [-0.39, 0.29) is 54.9 Å². The molecule has 11 heteroatoms. The maximum absolute atomic E-state index is 13.5. The smallest absolute Gasteiger partial charge is 0.407 e. The highest BCUT2D eigenvalue weighted by Gasteiger charge is 2.44. The van der Waals surface area contributed by atoms with Crippen LogP contribution in [0, 0.1) is 11.8 Å². The lowest BCUT2D eigenvalue weighted by Crippen LogP contribution is -2.51. The largest absolute Gasteiger partial charge is 0.508 e. The summed E-state index contributed by atoms with van der Waals surface area (Å²) in [7, 11) is -4.04. The van der Waals surface area contributed by atoms with Crippen molar-refractivity contribution in [3.63, 3.8) is 0 Å². The molecule has 2 heterocycles. The standard InChI is InChI=1S/C27H36N2O8S/c1-18(2)15-29(38(33,34)21-10-6-9-20(30)14-21)16-24(31)23(13-19-7-4-3-5-8-19)28-27(32)37-25-17-36-26-22(25)11-12-35-26/h3-10,14,18,22-26,30-31H,11-13,15-17H2,1-2H3,(H,28,32)/t22?,23-,24+,25?,26+/m0/s1. The SMILES string of the molecule is CC(C)CN(C[C@@H](O)[C@H](Cc1ccccc1)NC(=O)OC1CO[C@H]2OCCC12)S(=O)(=O)c1cccc(O)c1. The normalized spacial score (nSPS) is 22.8. The number of phenols is 1. The summed E-state index contributed by atoms with van der Waals surface area (Å²) in [6, 6.07) is 13.9. The van der Waals surface area contributed by atoms with E-state index in [1.54, 1.807) is 0 Å². The molecular formula is C27H36N2O8S. The maximum atomic E-state index is 13.5. The Morgan fingerprint density at radius 3 is 2.61 bits per heavy atom. The molecule has 1 amide bonds. The van der Waals surface area contributed by atoms with Crippen LogP contribution in [0.1, 0.15) is 25.8 Å². The Kier molecular flexibility index (Phi) is 9.27. The fourth-order valence-corrected chi connectivity index (χ4v) is 6.49. The summed E-state index contributed by atoms with van der Waals surface area (Å²) in [5.74, 6) is -0.246. The van der Waals surface area contributed by atoms with Crippen LogP contribution in [0.25, 0.3) is 0 Å². The van der Waals surface area contributed by atoms with Gasteiger partial charge in [0.15, 0.2) is 6.29 Å². The Balaban J connectivity index is 1.51. The molecule has 0 aliphatic carbocycles. The fraction of sp³-hybridized carbons (Fsp3) is 0.519. The molecule has 0 aromatic heterocycles. The highest BCUT2D eigenvalue weighted by atomic mass is 32.2. The number of alkyl carbamates (subject to hydrolysis) is 1. The first-order chi connectivity index (χ1) is 18.1. The lowest BCUT2D eigenvalue weighted by molar-refractivity contribution is -0.0907. The lowest BCUT2D eigenvalue weighted by Gasteiger charge is -2.31. The second-order valence-electron chi connectivity index (χ2n) is 10.2. The molecule has 38 heavy (non-hydrogen) atoms. The van der Waals surface area contributed by atoms with Gasteiger partial charge in [-0.15, -0.1) is 0 Å². The van der Waals surface area contributed by atoms with Crippen molar-refractivity contribution in [1.29, 1.82) is 0 Å². The summed E-state index contributed by atoms with van der Waals surface area (Å²) in [6.07, 6.45) is -1.80. The van der Waals surface area contributed by atoms with Crippen molar-refractivity contribution < 1.29 is 37.6 Å². The molecule has 0 spiro atoms. The van der Waals surface area contributed by atoms with Crippen LogP contribution in [-0.2, 0) is 30.7 Å². The number of sulfonamides is 1. The van der Waals surface area contributed by atoms with Gasteiger partial charge in [0.2, 0.25) is 10.0 Å². The third kappa shape index (κ3) is 7.03. The van der Waals surface area contributed by atoms with Crippen LogP contribution < -0.4 is 5.32 Å². The first kappa shape index (κ1) is 28.3. The second kappa shape index (κ2) is 12.4. The molecular weight excluding hydrogens is 512 g/mol. The average molecular weight is 549 g/mol. The second-order valence-corrected chi connectivity index (χ2v) is 12.1. The van der Waals surface area contributed by atoms with E-state index in [0.29, 0.717) is 6.61 Å². The summed E-state index contributed by atoms with van der Waals surface area (Å²) < 4.78 is 44.8. The summed E-state index contributed by atoms with van der Waals surface area (Å²) in [5.41, 5.74) is 0.858. The number of phenolic OH excluding ortho intramolecular Hbond substituents is 1. The van der Waals surface area contributed by atoms with Gasteiger partial charge in [-0.25, -0.2) is 13.2 Å². The van der Waals surface area contributed by atoms with Gasteiger partial charge in [0, 0.05) is 13.1 Å². The molecule has 2 aliphatic rings. The van der Waals surface area contributed by atoms with Crippen molar-refractivity contribution in [1.82, 2.24) is 9.62 Å². The molecule has 5 atom stereocenters. The number of rotatable bonds is 11. The fourth-order valence-electron chi connectivity index (χ4n) is 4.83. The number of carbonyl (C=O) groups excluding carboxylic acids is 1. The number of aliphatic hydroxyl groups excluding tert-OH is 1. The van der Waals surface area contributed by atoms with Crippen molar-refractivity contribution in [3.05, 3.63) is 60.2 Å². The van der Waals surface area contributed by atoms with Gasteiger partial charge in [-0.05, 0) is 42.5 Å². The Hall–Kier alpha value is -2.70. The number of nitrogens with one attached hydrogen (secondary N) is 1. The number of aromatic hydroxyl groups is 1. The van der Waals surface area contributed by atoms with E-state index in [0.717, 1.165) is 12.0 Å². The first-order valence-corrected chi connectivity index (χ1v) is 14.3. The molecule has 0 saturated carbocycles. The topological polar surface area (TPSA) is 135 Å². The van der Waals surface area contributed by atoms with Crippen molar-refractivity contribution in [2.75, 3.05) is 26.3 Å². The van der Waals surface area contributed by atoms with E-state index in [1.807, 2.05) is 44.2 Å². The Labute approximate surface area is 223 Å². The Morgan fingerprint density at radius 1 is 1.13 bits per heavy atom. The zero-order valence-electron chi connectivity index (χ0n) is 21.6. The van der Waals surface area contributed by atoms with Crippen LogP contribution in [0.2, 0.25) is 0 Å². The van der Waals surface area contributed by atoms with Gasteiger partial charge in [0.25, 0.3) is 0 Å². The molecule has 0 radical (unpaired) electrons. The van der Waals surface area contributed by atoms with Crippen molar-refractivity contribution in [2.24, 2.45) is 11.8 Å². The number of hydrogen-bond acceptors (Lipinski definition) is 8. The number of carbonyl (C=O) groups is 1. The van der Waals surface area contributed by atoms with E-state index < -0.39 is 34.4 Å². The molecule has 2 aliphatic heterocycles.